The second-order valence-corrected chi connectivity index (χ2v) is 5.81. The van der Waals surface area contributed by atoms with E-state index in [0.717, 1.165) is 17.0 Å². The number of thiazole rings is 1. The first-order valence-corrected chi connectivity index (χ1v) is 8.29. The minimum atomic E-state index is -0.376. The molecule has 6 heteroatoms. The maximum Gasteiger partial charge on any atom is 0.257 e. The average molecular weight is 342 g/mol. The van der Waals surface area contributed by atoms with E-state index in [0.29, 0.717) is 17.3 Å². The van der Waals surface area contributed by atoms with Crippen molar-refractivity contribution in [2.45, 2.75) is 6.92 Å². The Kier molecular flexibility index (Phi) is 4.86. The molecule has 0 aliphatic heterocycles. The third-order valence-corrected chi connectivity index (χ3v) is 4.05. The average Bonchev–Trinajstić information content (AvgIpc) is 3.05. The Bertz CT molecular complexity index is 829. The first-order chi connectivity index (χ1) is 11.7. The van der Waals surface area contributed by atoms with Crippen LogP contribution in [-0.4, -0.2) is 17.5 Å². The Morgan fingerprint density at radius 2 is 1.88 bits per heavy atom. The summed E-state index contributed by atoms with van der Waals surface area (Å²) >= 11 is 1.34. The highest BCUT2D eigenvalue weighted by molar-refractivity contribution is 7.14. The van der Waals surface area contributed by atoms with Gasteiger partial charge in [-0.3, -0.25) is 10.1 Å². The van der Waals surface area contributed by atoms with Crippen LogP contribution < -0.4 is 10.1 Å². The Morgan fingerprint density at radius 3 is 2.54 bits per heavy atom. The van der Waals surface area contributed by atoms with Gasteiger partial charge in [-0.05, 0) is 55.5 Å². The predicted octanol–water partition coefficient (Wildman–Crippen LogP) is 4.60. The molecule has 1 N–H and O–H groups in total. The van der Waals surface area contributed by atoms with Crippen molar-refractivity contribution < 1.29 is 13.9 Å². The molecule has 0 spiro atoms. The van der Waals surface area contributed by atoms with Crippen molar-refractivity contribution in [3.05, 3.63) is 65.3 Å². The van der Waals surface area contributed by atoms with E-state index < -0.39 is 0 Å². The van der Waals surface area contributed by atoms with E-state index in [1.54, 1.807) is 0 Å². The zero-order valence-electron chi connectivity index (χ0n) is 13.0. The van der Waals surface area contributed by atoms with E-state index in [1.807, 2.05) is 36.6 Å². The lowest BCUT2D eigenvalue weighted by Gasteiger charge is -2.03. The summed E-state index contributed by atoms with van der Waals surface area (Å²) in [6, 6.07) is 13.0. The van der Waals surface area contributed by atoms with Crippen LogP contribution in [0, 0.1) is 5.82 Å². The summed E-state index contributed by atoms with van der Waals surface area (Å²) in [5.74, 6) is 0.113. The standard InChI is InChI=1S/C18H15FN2O2S/c1-2-23-15-9-5-12(6-10-15)16-11-24-18(20-16)21-17(22)13-3-7-14(19)8-4-13/h3-11H,2H2,1H3,(H,20,21,22). The molecule has 0 aliphatic rings. The highest BCUT2D eigenvalue weighted by Crippen LogP contribution is 2.26. The molecule has 0 fully saturated rings. The van der Waals surface area contributed by atoms with Crippen molar-refractivity contribution in [3.63, 3.8) is 0 Å². The number of nitrogens with zero attached hydrogens (tertiary/aromatic N) is 1. The van der Waals surface area contributed by atoms with Crippen LogP contribution in [0.2, 0.25) is 0 Å². The maximum absolute atomic E-state index is 12.9. The van der Waals surface area contributed by atoms with Gasteiger partial charge in [0.05, 0.1) is 12.3 Å². The summed E-state index contributed by atoms with van der Waals surface area (Å²) in [5, 5.41) is 5.09. The highest BCUT2D eigenvalue weighted by atomic mass is 32.1. The number of benzene rings is 2. The molecular formula is C18H15FN2O2S. The van der Waals surface area contributed by atoms with Crippen LogP contribution in [-0.2, 0) is 0 Å². The molecule has 0 unspecified atom stereocenters. The predicted molar refractivity (Wildman–Crippen MR) is 93.1 cm³/mol. The molecule has 3 rings (SSSR count). The van der Waals surface area contributed by atoms with Gasteiger partial charge in [0, 0.05) is 16.5 Å². The zero-order valence-corrected chi connectivity index (χ0v) is 13.8. The van der Waals surface area contributed by atoms with Gasteiger partial charge in [-0.15, -0.1) is 11.3 Å². The largest absolute Gasteiger partial charge is 0.494 e. The summed E-state index contributed by atoms with van der Waals surface area (Å²) in [4.78, 5) is 16.5. The molecule has 0 saturated heterocycles. The van der Waals surface area contributed by atoms with Crippen molar-refractivity contribution >= 4 is 22.4 Å². The van der Waals surface area contributed by atoms with Crippen LogP contribution >= 0.6 is 11.3 Å². The van der Waals surface area contributed by atoms with Crippen LogP contribution in [0.3, 0.4) is 0 Å². The molecular weight excluding hydrogens is 327 g/mol. The van der Waals surface area contributed by atoms with Gasteiger partial charge in [0.2, 0.25) is 0 Å². The van der Waals surface area contributed by atoms with Crippen molar-refractivity contribution in [2.75, 3.05) is 11.9 Å². The molecule has 0 radical (unpaired) electrons. The Balaban J connectivity index is 1.71. The lowest BCUT2D eigenvalue weighted by Crippen LogP contribution is -2.11. The summed E-state index contributed by atoms with van der Waals surface area (Å²) in [7, 11) is 0. The zero-order chi connectivity index (χ0) is 16.9. The van der Waals surface area contributed by atoms with Gasteiger partial charge in [-0.2, -0.15) is 0 Å². The second kappa shape index (κ2) is 7.23. The number of anilines is 1. The monoisotopic (exact) mass is 342 g/mol. The van der Waals surface area contributed by atoms with Gasteiger partial charge >= 0.3 is 0 Å². The maximum atomic E-state index is 12.9. The first kappa shape index (κ1) is 16.1. The topological polar surface area (TPSA) is 51.2 Å². The van der Waals surface area contributed by atoms with Crippen molar-refractivity contribution in [2.24, 2.45) is 0 Å². The fourth-order valence-electron chi connectivity index (χ4n) is 2.12. The number of halogens is 1. The molecule has 3 aromatic rings. The normalized spacial score (nSPS) is 10.4. The first-order valence-electron chi connectivity index (χ1n) is 7.41. The number of carbonyl (C=O) groups excluding carboxylic acids is 1. The van der Waals surface area contributed by atoms with E-state index in [2.05, 4.69) is 10.3 Å². The smallest absolute Gasteiger partial charge is 0.257 e. The number of aromatic nitrogens is 1. The molecule has 1 amide bonds. The summed E-state index contributed by atoms with van der Waals surface area (Å²) in [6.07, 6.45) is 0. The van der Waals surface area contributed by atoms with Gasteiger partial charge in [0.15, 0.2) is 5.13 Å². The van der Waals surface area contributed by atoms with Gasteiger partial charge in [0.1, 0.15) is 11.6 Å². The molecule has 0 atom stereocenters. The second-order valence-electron chi connectivity index (χ2n) is 4.96. The lowest BCUT2D eigenvalue weighted by molar-refractivity contribution is 0.102. The number of hydrogen-bond donors (Lipinski definition) is 1. The lowest BCUT2D eigenvalue weighted by atomic mass is 10.2. The number of nitrogens with one attached hydrogen (secondary N) is 1. The molecule has 1 aromatic heterocycles. The molecule has 4 nitrogen and oxygen atoms in total. The van der Waals surface area contributed by atoms with Crippen LogP contribution in [0.1, 0.15) is 17.3 Å². The molecule has 0 aliphatic carbocycles. The third kappa shape index (κ3) is 3.78. The minimum Gasteiger partial charge on any atom is -0.494 e. The van der Waals surface area contributed by atoms with Crippen molar-refractivity contribution in [3.8, 4) is 17.0 Å². The van der Waals surface area contributed by atoms with Crippen LogP contribution in [0.4, 0.5) is 9.52 Å². The van der Waals surface area contributed by atoms with E-state index in [1.165, 1.54) is 35.6 Å². The van der Waals surface area contributed by atoms with E-state index >= 15 is 0 Å². The highest BCUT2D eigenvalue weighted by Gasteiger charge is 2.10. The van der Waals surface area contributed by atoms with Gasteiger partial charge in [-0.1, -0.05) is 0 Å². The number of hydrogen-bond acceptors (Lipinski definition) is 4. The Morgan fingerprint density at radius 1 is 1.17 bits per heavy atom. The molecule has 24 heavy (non-hydrogen) atoms. The number of rotatable bonds is 5. The van der Waals surface area contributed by atoms with Gasteiger partial charge < -0.3 is 4.74 Å². The number of ether oxygens (including phenoxy) is 1. The van der Waals surface area contributed by atoms with Crippen molar-refractivity contribution in [1.29, 1.82) is 0 Å². The molecule has 1 heterocycles. The van der Waals surface area contributed by atoms with E-state index in [9.17, 15) is 9.18 Å². The molecule has 122 valence electrons. The quantitative estimate of drug-likeness (QED) is 0.737. The van der Waals surface area contributed by atoms with Crippen LogP contribution in [0.25, 0.3) is 11.3 Å². The Labute approximate surface area is 142 Å². The van der Waals surface area contributed by atoms with Crippen LogP contribution in [0.5, 0.6) is 5.75 Å². The molecule has 0 saturated carbocycles. The van der Waals surface area contributed by atoms with E-state index in [-0.39, 0.29) is 11.7 Å². The SMILES string of the molecule is CCOc1ccc(-c2csc(NC(=O)c3ccc(F)cc3)n2)cc1. The third-order valence-electron chi connectivity index (χ3n) is 3.29. The fourth-order valence-corrected chi connectivity index (χ4v) is 2.84. The van der Waals surface area contributed by atoms with Gasteiger partial charge in [0.25, 0.3) is 5.91 Å². The van der Waals surface area contributed by atoms with Crippen molar-refractivity contribution in [1.82, 2.24) is 4.98 Å². The van der Waals surface area contributed by atoms with Gasteiger partial charge in [-0.25, -0.2) is 9.37 Å². The number of carbonyl (C=O) groups is 1. The number of amides is 1. The Hall–Kier alpha value is -2.73. The van der Waals surface area contributed by atoms with E-state index in [4.69, 9.17) is 4.74 Å². The fraction of sp³-hybridized carbons (Fsp3) is 0.111. The summed E-state index contributed by atoms with van der Waals surface area (Å²) < 4.78 is 18.3. The van der Waals surface area contributed by atoms with Crippen LogP contribution in [0.15, 0.2) is 53.9 Å². The molecule has 0 bridgehead atoms. The summed E-state index contributed by atoms with van der Waals surface area (Å²) in [5.41, 5.74) is 2.10. The minimum absolute atomic E-state index is 0.317. The summed E-state index contributed by atoms with van der Waals surface area (Å²) in [6.45, 7) is 2.56. The molecule has 2 aromatic carbocycles.